The van der Waals surface area contributed by atoms with Crippen LogP contribution in [0.4, 0.5) is 15.8 Å². The molecule has 3 aromatic rings. The van der Waals surface area contributed by atoms with Crippen molar-refractivity contribution in [2.24, 2.45) is 5.41 Å². The molecule has 1 aliphatic heterocycles. The summed E-state index contributed by atoms with van der Waals surface area (Å²) in [5.41, 5.74) is 5.25. The number of carboxylic acid groups (broad SMARTS) is 1. The monoisotopic (exact) mass is 506 g/mol. The Hall–Kier alpha value is -3.68. The maximum atomic E-state index is 13.1. The number of aryl methyl sites for hydroxylation is 1. The number of piperidine rings is 1. The average molecular weight is 507 g/mol. The lowest BCUT2D eigenvalue weighted by atomic mass is 9.82. The summed E-state index contributed by atoms with van der Waals surface area (Å²) in [5, 5.41) is 9.62. The van der Waals surface area contributed by atoms with Crippen LogP contribution < -0.4 is 14.5 Å². The second kappa shape index (κ2) is 11.2. The molecule has 7 nitrogen and oxygen atoms in total. The predicted molar refractivity (Wildman–Crippen MR) is 144 cm³/mol. The van der Waals surface area contributed by atoms with Gasteiger partial charge in [-0.1, -0.05) is 13.8 Å². The van der Waals surface area contributed by atoms with Crippen molar-refractivity contribution in [2.75, 3.05) is 43.1 Å². The van der Waals surface area contributed by atoms with Gasteiger partial charge in [-0.3, -0.25) is 14.8 Å². The minimum Gasteiger partial charge on any atom is -0.492 e. The van der Waals surface area contributed by atoms with Gasteiger partial charge in [-0.25, -0.2) is 4.39 Å². The van der Waals surface area contributed by atoms with E-state index in [1.807, 2.05) is 43.4 Å². The van der Waals surface area contributed by atoms with Crippen molar-refractivity contribution in [1.29, 1.82) is 0 Å². The van der Waals surface area contributed by atoms with Gasteiger partial charge in [0.15, 0.2) is 0 Å². The van der Waals surface area contributed by atoms with Crippen molar-refractivity contribution in [3.8, 4) is 17.0 Å². The summed E-state index contributed by atoms with van der Waals surface area (Å²) in [6.07, 6.45) is 5.64. The van der Waals surface area contributed by atoms with E-state index in [0.717, 1.165) is 59.8 Å². The lowest BCUT2D eigenvalue weighted by Crippen LogP contribution is -2.38. The fourth-order valence-electron chi connectivity index (χ4n) is 4.61. The second-order valence-corrected chi connectivity index (χ2v) is 10.4. The van der Waals surface area contributed by atoms with E-state index in [1.165, 1.54) is 12.1 Å². The van der Waals surface area contributed by atoms with Gasteiger partial charge in [-0.05, 0) is 61.6 Å². The number of carbonyl (C=O) groups is 1. The molecule has 0 amide bonds. The number of halogens is 1. The molecule has 1 N–H and O–H groups in total. The molecule has 0 aliphatic carbocycles. The van der Waals surface area contributed by atoms with E-state index in [2.05, 4.69) is 23.7 Å². The molecular weight excluding hydrogens is 471 g/mol. The van der Waals surface area contributed by atoms with Gasteiger partial charge >= 0.3 is 5.97 Å². The van der Waals surface area contributed by atoms with Gasteiger partial charge in [0.25, 0.3) is 0 Å². The number of ether oxygens (including phenoxy) is 1. The Morgan fingerprint density at radius 1 is 1.11 bits per heavy atom. The highest BCUT2D eigenvalue weighted by Gasteiger charge is 2.29. The Balaban J connectivity index is 1.54. The fraction of sp³-hybridized carbons (Fsp3) is 0.414. The van der Waals surface area contributed by atoms with Crippen LogP contribution in [0.15, 0.2) is 48.8 Å². The third-order valence-electron chi connectivity index (χ3n) is 7.10. The largest absolute Gasteiger partial charge is 0.492 e. The number of carboxylic acids is 1. The van der Waals surface area contributed by atoms with Crippen LogP contribution in [0.25, 0.3) is 11.3 Å². The molecule has 4 rings (SSSR count). The zero-order valence-corrected chi connectivity index (χ0v) is 22.0. The molecule has 1 fully saturated rings. The van der Waals surface area contributed by atoms with Gasteiger partial charge in [-0.2, -0.15) is 0 Å². The van der Waals surface area contributed by atoms with Crippen LogP contribution in [0, 0.1) is 18.2 Å². The number of benzene rings is 1. The highest BCUT2D eigenvalue weighted by Crippen LogP contribution is 2.39. The van der Waals surface area contributed by atoms with Crippen LogP contribution in [0.3, 0.4) is 0 Å². The van der Waals surface area contributed by atoms with Gasteiger partial charge in [0.05, 0.1) is 36.2 Å². The molecular formula is C29H35FN4O3. The van der Waals surface area contributed by atoms with Crippen LogP contribution in [0.5, 0.6) is 5.75 Å². The molecule has 0 unspecified atom stereocenters. The Morgan fingerprint density at radius 3 is 2.43 bits per heavy atom. The van der Waals surface area contributed by atoms with Crippen molar-refractivity contribution in [3.05, 3.63) is 65.9 Å². The van der Waals surface area contributed by atoms with Gasteiger partial charge in [0.2, 0.25) is 0 Å². The fourth-order valence-corrected chi connectivity index (χ4v) is 4.61. The van der Waals surface area contributed by atoms with Gasteiger partial charge < -0.3 is 19.6 Å². The van der Waals surface area contributed by atoms with Crippen molar-refractivity contribution in [1.82, 2.24) is 9.97 Å². The first kappa shape index (κ1) is 26.4. The highest BCUT2D eigenvalue weighted by molar-refractivity contribution is 5.83. The molecule has 0 bridgehead atoms. The zero-order valence-electron chi connectivity index (χ0n) is 22.0. The van der Waals surface area contributed by atoms with Crippen molar-refractivity contribution in [2.45, 2.75) is 40.0 Å². The molecule has 196 valence electrons. The van der Waals surface area contributed by atoms with E-state index in [9.17, 15) is 14.3 Å². The highest BCUT2D eigenvalue weighted by atomic mass is 19.1. The number of likely N-dealkylation sites (N-methyl/N-ethyl adjacent to an activating group) is 1. The molecule has 37 heavy (non-hydrogen) atoms. The lowest BCUT2D eigenvalue weighted by Gasteiger charge is -2.40. The number of aromatic nitrogens is 2. The van der Waals surface area contributed by atoms with E-state index in [4.69, 9.17) is 9.72 Å². The first-order valence-corrected chi connectivity index (χ1v) is 12.6. The molecule has 1 aliphatic rings. The summed E-state index contributed by atoms with van der Waals surface area (Å²) in [6, 6.07) is 9.94. The zero-order chi connectivity index (χ0) is 26.6. The molecule has 1 saturated heterocycles. The molecule has 1 aromatic carbocycles. The van der Waals surface area contributed by atoms with E-state index in [1.54, 1.807) is 12.1 Å². The van der Waals surface area contributed by atoms with E-state index >= 15 is 0 Å². The summed E-state index contributed by atoms with van der Waals surface area (Å²) >= 11 is 0. The normalized spacial score (nSPS) is 14.9. The summed E-state index contributed by atoms with van der Waals surface area (Å²) in [4.78, 5) is 25.4. The average Bonchev–Trinajstić information content (AvgIpc) is 2.86. The molecule has 3 heterocycles. The lowest BCUT2D eigenvalue weighted by molar-refractivity contribution is -0.136. The number of hydrogen-bond donors (Lipinski definition) is 1. The van der Waals surface area contributed by atoms with Crippen LogP contribution in [-0.4, -0.2) is 54.3 Å². The number of aliphatic carboxylic acids is 1. The topological polar surface area (TPSA) is 78.8 Å². The first-order valence-electron chi connectivity index (χ1n) is 12.6. The Labute approximate surface area is 217 Å². The second-order valence-electron chi connectivity index (χ2n) is 10.4. The quantitative estimate of drug-likeness (QED) is 0.419. The number of nitrogens with zero attached hydrogens (tertiary/aromatic N) is 4. The third-order valence-corrected chi connectivity index (χ3v) is 7.10. The van der Waals surface area contributed by atoms with Gasteiger partial charge in [0.1, 0.15) is 18.2 Å². The van der Waals surface area contributed by atoms with Gasteiger partial charge in [-0.15, -0.1) is 0 Å². The smallest absolute Gasteiger partial charge is 0.307 e. The minimum absolute atomic E-state index is 0.0726. The minimum atomic E-state index is -0.867. The molecule has 0 saturated carbocycles. The maximum absolute atomic E-state index is 13.1. The number of anilines is 2. The van der Waals surface area contributed by atoms with Gasteiger partial charge in [0, 0.05) is 43.2 Å². The van der Waals surface area contributed by atoms with Crippen molar-refractivity contribution < 1.29 is 19.0 Å². The number of pyridine rings is 2. The van der Waals surface area contributed by atoms with Crippen LogP contribution in [0.1, 0.15) is 37.9 Å². The molecule has 0 atom stereocenters. The van der Waals surface area contributed by atoms with E-state index in [0.29, 0.717) is 18.9 Å². The van der Waals surface area contributed by atoms with Crippen LogP contribution in [0.2, 0.25) is 0 Å². The SMILES string of the molecule is Cc1ncc(-c2ccc(N(C)CCOc3ccc(F)cc3)cn2)c(N2CCC(C)(C)CC2)c1CC(=O)O. The Morgan fingerprint density at radius 2 is 1.81 bits per heavy atom. The van der Waals surface area contributed by atoms with Crippen molar-refractivity contribution >= 4 is 17.3 Å². The summed E-state index contributed by atoms with van der Waals surface area (Å²) < 4.78 is 18.8. The molecule has 0 radical (unpaired) electrons. The van der Waals surface area contributed by atoms with E-state index in [-0.39, 0.29) is 17.7 Å². The summed E-state index contributed by atoms with van der Waals surface area (Å²) in [5.74, 6) is -0.531. The number of rotatable bonds is 9. The van der Waals surface area contributed by atoms with E-state index < -0.39 is 5.97 Å². The predicted octanol–water partition coefficient (Wildman–Crippen LogP) is 5.36. The van der Waals surface area contributed by atoms with Crippen LogP contribution in [-0.2, 0) is 11.2 Å². The van der Waals surface area contributed by atoms with Crippen molar-refractivity contribution in [3.63, 3.8) is 0 Å². The first-order chi connectivity index (χ1) is 17.6. The molecule has 2 aromatic heterocycles. The Bertz CT molecular complexity index is 1220. The standard InChI is InChI=1S/C29H35FN4O3/c1-20-24(17-27(35)36)28(34-13-11-29(2,3)12-14-34)25(19-31-20)26-10-7-22(18-32-26)33(4)15-16-37-23-8-5-21(30)6-9-23/h5-10,18-19H,11-17H2,1-4H3,(H,35,36). The summed E-state index contributed by atoms with van der Waals surface area (Å²) in [7, 11) is 1.96. The number of hydrogen-bond acceptors (Lipinski definition) is 6. The summed E-state index contributed by atoms with van der Waals surface area (Å²) in [6.45, 7) is 9.24. The third kappa shape index (κ3) is 6.56. The maximum Gasteiger partial charge on any atom is 0.307 e. The molecule has 0 spiro atoms. The molecule has 8 heteroatoms. The Kier molecular flexibility index (Phi) is 7.95. The van der Waals surface area contributed by atoms with Crippen LogP contribution >= 0.6 is 0 Å².